The number of aryl methyl sites for hydroxylation is 1. The van der Waals surface area contributed by atoms with E-state index in [4.69, 9.17) is 4.74 Å². The summed E-state index contributed by atoms with van der Waals surface area (Å²) in [6, 6.07) is 14.1. The van der Waals surface area contributed by atoms with Crippen molar-refractivity contribution < 1.29 is 14.3 Å². The van der Waals surface area contributed by atoms with Crippen molar-refractivity contribution in [2.45, 2.75) is 64.6 Å². The van der Waals surface area contributed by atoms with Gasteiger partial charge in [0.25, 0.3) is 0 Å². The third-order valence-electron chi connectivity index (χ3n) is 6.44. The van der Waals surface area contributed by atoms with Gasteiger partial charge in [-0.1, -0.05) is 49.6 Å². The summed E-state index contributed by atoms with van der Waals surface area (Å²) in [4.78, 5) is 30.2. The SMILES string of the molecule is CCOCCCN(CC(=O)N(Cc1ccccc1)Cc1cccn1C)C(=O)NC1CCCCC1. The molecular weight excluding hydrogens is 428 g/mol. The fourth-order valence-corrected chi connectivity index (χ4v) is 4.42. The number of ether oxygens (including phenoxy) is 1. The molecule has 1 N–H and O–H groups in total. The molecule has 3 amide bonds. The second-order valence-electron chi connectivity index (χ2n) is 9.10. The first-order valence-electron chi connectivity index (χ1n) is 12.6. The van der Waals surface area contributed by atoms with E-state index in [2.05, 4.69) is 5.32 Å². The predicted octanol–water partition coefficient (Wildman–Crippen LogP) is 4.32. The van der Waals surface area contributed by atoms with Crippen LogP contribution in [0.4, 0.5) is 4.79 Å². The molecule has 1 aromatic carbocycles. The highest BCUT2D eigenvalue weighted by atomic mass is 16.5. The highest BCUT2D eigenvalue weighted by Gasteiger charge is 2.24. The zero-order valence-electron chi connectivity index (χ0n) is 20.7. The van der Waals surface area contributed by atoms with E-state index in [1.165, 1.54) is 6.42 Å². The van der Waals surface area contributed by atoms with Crippen LogP contribution in [0.25, 0.3) is 0 Å². The molecule has 0 radical (unpaired) electrons. The Labute approximate surface area is 204 Å². The third-order valence-corrected chi connectivity index (χ3v) is 6.44. The minimum Gasteiger partial charge on any atom is -0.382 e. The summed E-state index contributed by atoms with van der Waals surface area (Å²) in [7, 11) is 1.98. The van der Waals surface area contributed by atoms with E-state index in [0.29, 0.717) is 39.3 Å². The second-order valence-corrected chi connectivity index (χ2v) is 9.10. The molecule has 7 nitrogen and oxygen atoms in total. The Morgan fingerprint density at radius 2 is 1.79 bits per heavy atom. The number of hydrogen-bond donors (Lipinski definition) is 1. The molecule has 1 aromatic heterocycles. The summed E-state index contributed by atoms with van der Waals surface area (Å²) < 4.78 is 7.50. The monoisotopic (exact) mass is 468 g/mol. The molecule has 1 heterocycles. The van der Waals surface area contributed by atoms with Gasteiger partial charge in [0.1, 0.15) is 6.54 Å². The Hall–Kier alpha value is -2.80. The number of urea groups is 1. The number of nitrogens with one attached hydrogen (secondary N) is 1. The van der Waals surface area contributed by atoms with Gasteiger partial charge in [-0.2, -0.15) is 0 Å². The lowest BCUT2D eigenvalue weighted by Gasteiger charge is -2.30. The molecule has 0 unspecified atom stereocenters. The van der Waals surface area contributed by atoms with Crippen LogP contribution < -0.4 is 5.32 Å². The Morgan fingerprint density at radius 3 is 2.47 bits per heavy atom. The summed E-state index contributed by atoms with van der Waals surface area (Å²) in [5.74, 6) is -0.0553. The molecule has 0 aliphatic heterocycles. The van der Waals surface area contributed by atoms with E-state index in [0.717, 1.165) is 36.9 Å². The van der Waals surface area contributed by atoms with Crippen molar-refractivity contribution in [1.82, 2.24) is 19.7 Å². The maximum Gasteiger partial charge on any atom is 0.318 e. The van der Waals surface area contributed by atoms with E-state index in [9.17, 15) is 9.59 Å². The number of rotatable bonds is 12. The van der Waals surface area contributed by atoms with Gasteiger partial charge < -0.3 is 24.4 Å². The fraction of sp³-hybridized carbons (Fsp3) is 0.556. The quantitative estimate of drug-likeness (QED) is 0.472. The summed E-state index contributed by atoms with van der Waals surface area (Å²) >= 11 is 0. The third kappa shape index (κ3) is 8.20. The van der Waals surface area contributed by atoms with Crippen molar-refractivity contribution in [3.05, 3.63) is 59.9 Å². The number of aromatic nitrogens is 1. The fourth-order valence-electron chi connectivity index (χ4n) is 4.42. The summed E-state index contributed by atoms with van der Waals surface area (Å²) in [5.41, 5.74) is 2.12. The van der Waals surface area contributed by atoms with E-state index in [1.54, 1.807) is 4.90 Å². The van der Waals surface area contributed by atoms with Crippen molar-refractivity contribution in [1.29, 1.82) is 0 Å². The lowest BCUT2D eigenvalue weighted by Crippen LogP contribution is -2.50. The molecule has 1 aliphatic rings. The summed E-state index contributed by atoms with van der Waals surface area (Å²) in [5, 5.41) is 3.18. The van der Waals surface area contributed by atoms with Gasteiger partial charge in [-0.25, -0.2) is 4.79 Å². The van der Waals surface area contributed by atoms with Crippen LogP contribution in [0, 0.1) is 0 Å². The van der Waals surface area contributed by atoms with Gasteiger partial charge in [0.05, 0.1) is 6.54 Å². The van der Waals surface area contributed by atoms with E-state index >= 15 is 0 Å². The molecule has 7 heteroatoms. The van der Waals surface area contributed by atoms with E-state index < -0.39 is 0 Å². The molecule has 1 saturated carbocycles. The van der Waals surface area contributed by atoms with E-state index in [1.807, 2.05) is 72.1 Å². The van der Waals surface area contributed by atoms with Crippen molar-refractivity contribution in [2.24, 2.45) is 7.05 Å². The van der Waals surface area contributed by atoms with Gasteiger partial charge >= 0.3 is 6.03 Å². The average Bonchev–Trinajstić information content (AvgIpc) is 3.26. The molecule has 0 atom stereocenters. The molecule has 1 fully saturated rings. The van der Waals surface area contributed by atoms with Crippen LogP contribution in [0.15, 0.2) is 48.7 Å². The van der Waals surface area contributed by atoms with Gasteiger partial charge in [-0.05, 0) is 43.9 Å². The normalized spacial score (nSPS) is 14.1. The average molecular weight is 469 g/mol. The smallest absolute Gasteiger partial charge is 0.318 e. The molecule has 0 spiro atoms. The van der Waals surface area contributed by atoms with Gasteiger partial charge in [0.15, 0.2) is 0 Å². The number of carbonyl (C=O) groups is 2. The highest BCUT2D eigenvalue weighted by Crippen LogP contribution is 2.18. The minimum atomic E-state index is -0.143. The first-order valence-corrected chi connectivity index (χ1v) is 12.6. The van der Waals surface area contributed by atoms with E-state index in [-0.39, 0.29) is 24.5 Å². The van der Waals surface area contributed by atoms with Gasteiger partial charge in [-0.15, -0.1) is 0 Å². The van der Waals surface area contributed by atoms with Crippen LogP contribution in [0.1, 0.15) is 56.7 Å². The highest BCUT2D eigenvalue weighted by molar-refractivity contribution is 5.84. The minimum absolute atomic E-state index is 0.0553. The molecule has 3 rings (SSSR count). The van der Waals surface area contributed by atoms with Crippen LogP contribution in [0.2, 0.25) is 0 Å². The Bertz CT molecular complexity index is 877. The first kappa shape index (κ1) is 25.8. The number of amides is 3. The molecule has 1 aliphatic carbocycles. The number of benzene rings is 1. The first-order chi connectivity index (χ1) is 16.6. The van der Waals surface area contributed by atoms with Gasteiger partial charge in [0, 0.05) is 51.3 Å². The topological polar surface area (TPSA) is 66.8 Å². The summed E-state index contributed by atoms with van der Waals surface area (Å²) in [6.45, 7) is 4.73. The molecule has 34 heavy (non-hydrogen) atoms. The summed E-state index contributed by atoms with van der Waals surface area (Å²) in [6.07, 6.45) is 8.25. The molecule has 0 bridgehead atoms. The van der Waals surface area contributed by atoms with Crippen molar-refractivity contribution >= 4 is 11.9 Å². The van der Waals surface area contributed by atoms with Crippen molar-refractivity contribution in [3.63, 3.8) is 0 Å². The number of nitrogens with zero attached hydrogens (tertiary/aromatic N) is 3. The molecule has 2 aromatic rings. The Morgan fingerprint density at radius 1 is 1.03 bits per heavy atom. The largest absolute Gasteiger partial charge is 0.382 e. The predicted molar refractivity (Wildman–Crippen MR) is 134 cm³/mol. The molecular formula is C27H40N4O3. The number of carbonyl (C=O) groups excluding carboxylic acids is 2. The van der Waals surface area contributed by atoms with Crippen molar-refractivity contribution in [3.8, 4) is 0 Å². The van der Waals surface area contributed by atoms with Crippen LogP contribution in [0.5, 0.6) is 0 Å². The van der Waals surface area contributed by atoms with Crippen molar-refractivity contribution in [2.75, 3.05) is 26.3 Å². The zero-order chi connectivity index (χ0) is 24.2. The second kappa shape index (κ2) is 13.8. The van der Waals surface area contributed by atoms with Crippen LogP contribution >= 0.6 is 0 Å². The Kier molecular flexibility index (Phi) is 10.5. The zero-order valence-corrected chi connectivity index (χ0v) is 20.7. The standard InChI is InChI=1S/C27H40N4O3/c1-3-34-19-11-18-30(27(33)28-24-14-8-5-9-15-24)22-26(32)31(20-23-12-6-4-7-13-23)21-25-16-10-17-29(25)2/h4,6-7,10,12-13,16-17,24H,3,5,8-9,11,14-15,18-22H2,1-2H3,(H,28,33). The number of hydrogen-bond acceptors (Lipinski definition) is 3. The van der Waals surface area contributed by atoms with Crippen LogP contribution in [-0.2, 0) is 29.7 Å². The maximum atomic E-state index is 13.5. The van der Waals surface area contributed by atoms with Crippen LogP contribution in [-0.4, -0.2) is 58.7 Å². The molecule has 186 valence electrons. The molecule has 0 saturated heterocycles. The van der Waals surface area contributed by atoms with Gasteiger partial charge in [0.2, 0.25) is 5.91 Å². The maximum absolute atomic E-state index is 13.5. The Balaban J connectivity index is 1.70. The van der Waals surface area contributed by atoms with Gasteiger partial charge in [-0.3, -0.25) is 4.79 Å². The van der Waals surface area contributed by atoms with Crippen LogP contribution in [0.3, 0.4) is 0 Å². The lowest BCUT2D eigenvalue weighted by atomic mass is 9.96. The lowest BCUT2D eigenvalue weighted by molar-refractivity contribution is -0.133.